The largest absolute Gasteiger partial charge is 0.416 e. The van der Waals surface area contributed by atoms with Crippen LogP contribution in [0.15, 0.2) is 0 Å². The van der Waals surface area contributed by atoms with Crippen molar-refractivity contribution in [2.24, 2.45) is 0 Å². The van der Waals surface area contributed by atoms with Gasteiger partial charge in [-0.25, -0.2) is 0 Å². The molecule has 1 atom stereocenters. The SMILES string of the molecule is CCC(O)CO.O=S(=O)(O)C(C(F)(F)F)C(F)(F)F.O=S(=O)(O)C(C(F)(F)F)C(F)(F)F. The maximum atomic E-state index is 11.5. The maximum Gasteiger partial charge on any atom is 0.416 e. The Morgan fingerprint density at radius 1 is 0.625 bits per heavy atom. The lowest BCUT2D eigenvalue weighted by Crippen LogP contribution is -2.47. The number of aliphatic hydroxyl groups excluding tert-OH is 2. The Morgan fingerprint density at radius 2 is 0.812 bits per heavy atom. The molecule has 0 radical (unpaired) electrons. The zero-order valence-corrected chi connectivity index (χ0v) is 16.6. The van der Waals surface area contributed by atoms with Gasteiger partial charge in [0, 0.05) is 0 Å². The highest BCUT2D eigenvalue weighted by atomic mass is 32.2. The summed E-state index contributed by atoms with van der Waals surface area (Å²) in [6, 6.07) is 0. The van der Waals surface area contributed by atoms with Gasteiger partial charge in [-0.1, -0.05) is 6.92 Å². The quantitative estimate of drug-likeness (QED) is 0.306. The Bertz CT molecular complexity index is 659. The third-order valence-corrected chi connectivity index (χ3v) is 4.73. The topological polar surface area (TPSA) is 149 Å². The molecule has 0 aromatic rings. The number of aliphatic hydroxyl groups is 2. The molecule has 0 aromatic heterocycles. The molecule has 0 aliphatic heterocycles. The van der Waals surface area contributed by atoms with Gasteiger partial charge in [0.05, 0.1) is 12.7 Å². The molecule has 0 spiro atoms. The molecule has 0 bridgehead atoms. The van der Waals surface area contributed by atoms with E-state index in [0.717, 1.165) is 0 Å². The molecule has 0 fully saturated rings. The van der Waals surface area contributed by atoms with Crippen LogP contribution in [0.5, 0.6) is 0 Å². The molecular weight excluding hydrogens is 540 g/mol. The van der Waals surface area contributed by atoms with E-state index in [-0.39, 0.29) is 6.61 Å². The summed E-state index contributed by atoms with van der Waals surface area (Å²) in [5.74, 6) is 0. The molecule has 0 aliphatic rings. The predicted molar refractivity (Wildman–Crippen MR) is 78.3 cm³/mol. The van der Waals surface area contributed by atoms with Gasteiger partial charge in [0.1, 0.15) is 0 Å². The zero-order chi connectivity index (χ0) is 27.1. The van der Waals surface area contributed by atoms with E-state index in [4.69, 9.17) is 19.3 Å². The van der Waals surface area contributed by atoms with Crippen LogP contribution in [0.4, 0.5) is 52.7 Å². The fraction of sp³-hybridized carbons (Fsp3) is 1.00. The van der Waals surface area contributed by atoms with Gasteiger partial charge in [-0.2, -0.15) is 69.5 Å². The summed E-state index contributed by atoms with van der Waals surface area (Å²) >= 11 is 0. The molecule has 0 heterocycles. The van der Waals surface area contributed by atoms with Crippen molar-refractivity contribution in [1.82, 2.24) is 0 Å². The molecule has 0 aromatic carbocycles. The first kappa shape index (κ1) is 35.5. The number of rotatable bonds is 4. The van der Waals surface area contributed by atoms with Crippen molar-refractivity contribution in [2.45, 2.75) is 54.7 Å². The van der Waals surface area contributed by atoms with Crippen LogP contribution in [-0.4, -0.2) is 84.1 Å². The van der Waals surface area contributed by atoms with Crippen molar-refractivity contribution in [2.75, 3.05) is 6.61 Å². The van der Waals surface area contributed by atoms with Crippen LogP contribution in [0.2, 0.25) is 0 Å². The third-order valence-electron chi connectivity index (χ3n) is 2.47. The van der Waals surface area contributed by atoms with E-state index in [0.29, 0.717) is 6.42 Å². The molecule has 8 nitrogen and oxygen atoms in total. The summed E-state index contributed by atoms with van der Waals surface area (Å²) in [6.45, 7) is 1.71. The second-order valence-corrected chi connectivity index (χ2v) is 8.20. The van der Waals surface area contributed by atoms with Crippen LogP contribution in [0.3, 0.4) is 0 Å². The average Bonchev–Trinajstić information content (AvgIpc) is 2.36. The minimum atomic E-state index is -6.23. The summed E-state index contributed by atoms with van der Waals surface area (Å²) in [4.78, 5) is 0. The molecule has 1 unspecified atom stereocenters. The van der Waals surface area contributed by atoms with Gasteiger partial charge in [-0.05, 0) is 6.42 Å². The van der Waals surface area contributed by atoms with Crippen LogP contribution in [0, 0.1) is 0 Å². The highest BCUT2D eigenvalue weighted by molar-refractivity contribution is 7.86. The van der Waals surface area contributed by atoms with Gasteiger partial charge in [0.2, 0.25) is 0 Å². The van der Waals surface area contributed by atoms with Crippen molar-refractivity contribution in [1.29, 1.82) is 0 Å². The normalized spacial score (nSPS) is 15.0. The summed E-state index contributed by atoms with van der Waals surface area (Å²) in [6.07, 6.45) is -24.2. The highest BCUT2D eigenvalue weighted by Crippen LogP contribution is 2.38. The lowest BCUT2D eigenvalue weighted by atomic mass is 10.3. The van der Waals surface area contributed by atoms with Gasteiger partial charge in [-0.3, -0.25) is 9.11 Å². The van der Waals surface area contributed by atoms with Gasteiger partial charge in [0.15, 0.2) is 0 Å². The molecule has 32 heavy (non-hydrogen) atoms. The Balaban J connectivity index is -0.000000422. The van der Waals surface area contributed by atoms with E-state index in [2.05, 4.69) is 0 Å². The van der Waals surface area contributed by atoms with Crippen molar-refractivity contribution in [3.05, 3.63) is 0 Å². The Morgan fingerprint density at radius 3 is 0.812 bits per heavy atom. The molecule has 0 saturated heterocycles. The summed E-state index contributed by atoms with van der Waals surface area (Å²) in [7, 11) is -12.5. The Kier molecular flexibility index (Phi) is 13.1. The van der Waals surface area contributed by atoms with Crippen LogP contribution in [-0.2, 0) is 20.2 Å². The van der Waals surface area contributed by atoms with Crippen LogP contribution in [0.1, 0.15) is 13.3 Å². The first-order valence-corrected chi connectivity index (χ1v) is 10.0. The fourth-order valence-electron chi connectivity index (χ4n) is 1.18. The number of hydrogen-bond donors (Lipinski definition) is 4. The molecule has 0 aliphatic carbocycles. The minimum Gasteiger partial charge on any atom is -0.394 e. The predicted octanol–water partition coefficient (Wildman–Crippen LogP) is 2.48. The second-order valence-electron chi connectivity index (χ2n) is 5.20. The first-order valence-electron chi connectivity index (χ1n) is 7.02. The van der Waals surface area contributed by atoms with Crippen LogP contribution in [0.25, 0.3) is 0 Å². The van der Waals surface area contributed by atoms with Gasteiger partial charge < -0.3 is 10.2 Å². The van der Waals surface area contributed by atoms with E-state index in [1.807, 2.05) is 6.92 Å². The van der Waals surface area contributed by atoms with Crippen LogP contribution >= 0.6 is 0 Å². The van der Waals surface area contributed by atoms with Gasteiger partial charge in [-0.15, -0.1) is 0 Å². The molecule has 0 rings (SSSR count). The molecule has 0 amide bonds. The van der Waals surface area contributed by atoms with E-state index in [1.165, 1.54) is 0 Å². The van der Waals surface area contributed by atoms with Crippen LogP contribution < -0.4 is 0 Å². The molecule has 0 saturated carbocycles. The smallest absolute Gasteiger partial charge is 0.394 e. The monoisotopic (exact) mass is 554 g/mol. The lowest BCUT2D eigenvalue weighted by Gasteiger charge is -2.19. The van der Waals surface area contributed by atoms with E-state index in [9.17, 15) is 69.5 Å². The highest BCUT2D eigenvalue weighted by Gasteiger charge is 2.65. The molecular formula is C10H14F12O8S2. The zero-order valence-electron chi connectivity index (χ0n) is 14.9. The molecule has 22 heteroatoms. The summed E-state index contributed by atoms with van der Waals surface area (Å²) in [5.41, 5.74) is 0. The fourth-order valence-corrected chi connectivity index (χ4v) is 2.53. The lowest BCUT2D eigenvalue weighted by molar-refractivity contribution is -0.229. The summed E-state index contributed by atoms with van der Waals surface area (Å²) in [5, 5.41) is 7.02. The van der Waals surface area contributed by atoms with Crippen molar-refractivity contribution in [3.8, 4) is 0 Å². The van der Waals surface area contributed by atoms with Crippen molar-refractivity contribution >= 4 is 20.2 Å². The van der Waals surface area contributed by atoms with E-state index < -0.39 is 61.5 Å². The van der Waals surface area contributed by atoms with Gasteiger partial charge in [0.25, 0.3) is 30.7 Å². The minimum absolute atomic E-state index is 0.115. The van der Waals surface area contributed by atoms with E-state index in [1.54, 1.807) is 0 Å². The van der Waals surface area contributed by atoms with Crippen molar-refractivity contribution in [3.63, 3.8) is 0 Å². The Hall–Kier alpha value is -1.10. The maximum absolute atomic E-state index is 11.5. The number of alkyl halides is 12. The standard InChI is InChI=1S/C4H10O2.2C3H2F6O3S/c1-2-4(6)3-5;2*4-2(5,6)1(3(7,8)9)13(10,11)12/h4-6H,2-3H2,1H3;2*1H,(H,10,11,12). The average molecular weight is 554 g/mol. The van der Waals surface area contributed by atoms with Gasteiger partial charge >= 0.3 is 24.7 Å². The molecule has 4 N–H and O–H groups in total. The number of hydrogen-bond acceptors (Lipinski definition) is 6. The second kappa shape index (κ2) is 11.9. The first-order chi connectivity index (χ1) is 13.5. The third kappa shape index (κ3) is 14.9. The molecule has 198 valence electrons. The van der Waals surface area contributed by atoms with Crippen molar-refractivity contribution < 1.29 is 88.8 Å². The van der Waals surface area contributed by atoms with E-state index >= 15 is 0 Å². The Labute approximate surface area is 171 Å². The summed E-state index contributed by atoms with van der Waals surface area (Å²) < 4.78 is 192. The number of halogens is 12.